The van der Waals surface area contributed by atoms with E-state index in [4.69, 9.17) is 11.6 Å². The monoisotopic (exact) mass is 345 g/mol. The minimum Gasteiger partial charge on any atom is -0.370 e. The van der Waals surface area contributed by atoms with Crippen molar-refractivity contribution in [2.24, 2.45) is 0 Å². The zero-order valence-electron chi connectivity index (χ0n) is 14.5. The maximum Gasteiger partial charge on any atom is 0.257 e. The third-order valence-electron chi connectivity index (χ3n) is 3.77. The molecule has 1 heterocycles. The molecule has 0 aliphatic heterocycles. The fraction of sp³-hybridized carbons (Fsp3) is 0.368. The number of benzene rings is 1. The Morgan fingerprint density at radius 3 is 2.50 bits per heavy atom. The summed E-state index contributed by atoms with van der Waals surface area (Å²) in [6, 6.07) is 7.31. The maximum absolute atomic E-state index is 12.5. The fourth-order valence-electron chi connectivity index (χ4n) is 2.60. The number of carbonyl (C=O) groups is 1. The zero-order chi connectivity index (χ0) is 17.5. The van der Waals surface area contributed by atoms with E-state index in [9.17, 15) is 4.79 Å². The predicted octanol–water partition coefficient (Wildman–Crippen LogP) is 4.92. The molecule has 1 aromatic heterocycles. The number of carbonyl (C=O) groups excluding carboxylic acids is 1. The highest BCUT2D eigenvalue weighted by atomic mass is 35.5. The summed E-state index contributed by atoms with van der Waals surface area (Å²) in [5.74, 6) is -0.164. The Labute approximate surface area is 148 Å². The van der Waals surface area contributed by atoms with Crippen LogP contribution in [0.15, 0.2) is 36.7 Å². The van der Waals surface area contributed by atoms with Crippen LogP contribution in [-0.2, 0) is 0 Å². The molecule has 0 unspecified atom stereocenters. The molecule has 1 amide bonds. The van der Waals surface area contributed by atoms with Crippen LogP contribution in [-0.4, -0.2) is 24.0 Å². The van der Waals surface area contributed by atoms with Gasteiger partial charge >= 0.3 is 0 Å². The first-order valence-corrected chi connectivity index (χ1v) is 8.70. The lowest BCUT2D eigenvalue weighted by Gasteiger charge is -2.23. The van der Waals surface area contributed by atoms with Crippen LogP contribution in [0, 0.1) is 6.92 Å². The summed E-state index contributed by atoms with van der Waals surface area (Å²) < 4.78 is 0. The molecule has 4 nitrogen and oxygen atoms in total. The van der Waals surface area contributed by atoms with Crippen molar-refractivity contribution in [3.8, 4) is 0 Å². The second-order valence-corrected chi connectivity index (χ2v) is 6.27. The van der Waals surface area contributed by atoms with E-state index < -0.39 is 0 Å². The Bertz CT molecular complexity index is 697. The Kier molecular flexibility index (Phi) is 6.62. The van der Waals surface area contributed by atoms with Gasteiger partial charge in [-0.2, -0.15) is 0 Å². The van der Waals surface area contributed by atoms with Crippen LogP contribution in [0.25, 0.3) is 0 Å². The molecule has 0 atom stereocenters. The molecule has 128 valence electrons. The number of nitrogens with one attached hydrogen (secondary N) is 1. The Hall–Kier alpha value is -2.07. The lowest BCUT2D eigenvalue weighted by molar-refractivity contribution is 0.102. The van der Waals surface area contributed by atoms with Crippen LogP contribution in [0.3, 0.4) is 0 Å². The first-order valence-electron chi connectivity index (χ1n) is 8.32. The van der Waals surface area contributed by atoms with Gasteiger partial charge in [0.15, 0.2) is 0 Å². The van der Waals surface area contributed by atoms with E-state index in [0.29, 0.717) is 10.6 Å². The number of amides is 1. The summed E-state index contributed by atoms with van der Waals surface area (Å²) in [5.41, 5.74) is 3.23. The van der Waals surface area contributed by atoms with E-state index in [1.54, 1.807) is 12.3 Å². The third-order valence-corrected chi connectivity index (χ3v) is 4.01. The molecule has 24 heavy (non-hydrogen) atoms. The highest BCUT2D eigenvalue weighted by Crippen LogP contribution is 2.21. The largest absolute Gasteiger partial charge is 0.370 e. The number of aryl methyl sites for hydroxylation is 1. The molecule has 1 N–H and O–H groups in total. The lowest BCUT2D eigenvalue weighted by Crippen LogP contribution is -2.25. The number of hydrogen-bond donors (Lipinski definition) is 1. The zero-order valence-corrected chi connectivity index (χ0v) is 15.2. The Balaban J connectivity index is 2.19. The van der Waals surface area contributed by atoms with Gasteiger partial charge in [0.1, 0.15) is 0 Å². The molecular formula is C19H24ClN3O. The van der Waals surface area contributed by atoms with Crippen LogP contribution < -0.4 is 10.2 Å². The van der Waals surface area contributed by atoms with Crippen molar-refractivity contribution < 1.29 is 4.79 Å². The van der Waals surface area contributed by atoms with Gasteiger partial charge in [-0.05, 0) is 49.6 Å². The minimum atomic E-state index is -0.164. The van der Waals surface area contributed by atoms with Crippen LogP contribution in [0.4, 0.5) is 11.4 Å². The van der Waals surface area contributed by atoms with Crippen LogP contribution in [0.5, 0.6) is 0 Å². The van der Waals surface area contributed by atoms with E-state index in [0.717, 1.165) is 42.9 Å². The van der Waals surface area contributed by atoms with Gasteiger partial charge in [0, 0.05) is 30.0 Å². The van der Waals surface area contributed by atoms with Gasteiger partial charge in [-0.25, -0.2) is 0 Å². The number of aromatic nitrogens is 1. The summed E-state index contributed by atoms with van der Waals surface area (Å²) in [4.78, 5) is 19.0. The summed E-state index contributed by atoms with van der Waals surface area (Å²) >= 11 is 5.96. The second-order valence-electron chi connectivity index (χ2n) is 5.83. The Morgan fingerprint density at radius 2 is 1.88 bits per heavy atom. The van der Waals surface area contributed by atoms with Crippen molar-refractivity contribution in [3.05, 3.63) is 52.8 Å². The lowest BCUT2D eigenvalue weighted by atomic mass is 10.1. The molecule has 0 aliphatic carbocycles. The first kappa shape index (κ1) is 18.3. The van der Waals surface area contributed by atoms with Gasteiger partial charge in [0.25, 0.3) is 5.91 Å². The van der Waals surface area contributed by atoms with Crippen molar-refractivity contribution in [1.29, 1.82) is 0 Å². The standard InChI is InChI=1S/C19H24ClN3O/c1-4-8-23(9-5-2)17-11-15(12-21-13-17)19(24)22-18-7-6-16(20)10-14(18)3/h6-7,10-13H,4-5,8-9H2,1-3H3,(H,22,24). The van der Waals surface area contributed by atoms with E-state index in [-0.39, 0.29) is 5.91 Å². The predicted molar refractivity (Wildman–Crippen MR) is 101 cm³/mol. The molecule has 5 heteroatoms. The van der Waals surface area contributed by atoms with Gasteiger partial charge in [0.2, 0.25) is 0 Å². The van der Waals surface area contributed by atoms with Crippen molar-refractivity contribution in [2.45, 2.75) is 33.6 Å². The number of nitrogens with zero attached hydrogens (tertiary/aromatic N) is 2. The van der Waals surface area contributed by atoms with Gasteiger partial charge in [0.05, 0.1) is 17.4 Å². The molecule has 1 aromatic carbocycles. The highest BCUT2D eigenvalue weighted by Gasteiger charge is 2.12. The number of anilines is 2. The smallest absolute Gasteiger partial charge is 0.257 e. The third kappa shape index (κ3) is 4.71. The van der Waals surface area contributed by atoms with E-state index in [1.807, 2.05) is 31.3 Å². The van der Waals surface area contributed by atoms with Gasteiger partial charge in [-0.15, -0.1) is 0 Å². The number of hydrogen-bond acceptors (Lipinski definition) is 3. The van der Waals surface area contributed by atoms with Crippen LogP contribution >= 0.6 is 11.6 Å². The second kappa shape index (κ2) is 8.69. The van der Waals surface area contributed by atoms with Gasteiger partial charge < -0.3 is 10.2 Å². The van der Waals surface area contributed by atoms with E-state index >= 15 is 0 Å². The van der Waals surface area contributed by atoms with Crippen molar-refractivity contribution in [1.82, 2.24) is 4.98 Å². The highest BCUT2D eigenvalue weighted by molar-refractivity contribution is 6.30. The molecule has 0 saturated heterocycles. The molecular weight excluding hydrogens is 322 g/mol. The summed E-state index contributed by atoms with van der Waals surface area (Å²) in [7, 11) is 0. The first-order chi connectivity index (χ1) is 11.5. The SMILES string of the molecule is CCCN(CCC)c1cncc(C(=O)Nc2ccc(Cl)cc2C)c1. The van der Waals surface area contributed by atoms with E-state index in [1.165, 1.54) is 0 Å². The molecule has 0 aliphatic rings. The molecule has 2 aromatic rings. The van der Waals surface area contributed by atoms with Gasteiger partial charge in [-0.3, -0.25) is 9.78 Å². The summed E-state index contributed by atoms with van der Waals surface area (Å²) in [6.45, 7) is 8.13. The molecule has 0 saturated carbocycles. The number of rotatable bonds is 7. The van der Waals surface area contributed by atoms with Crippen molar-refractivity contribution in [2.75, 3.05) is 23.3 Å². The summed E-state index contributed by atoms with van der Waals surface area (Å²) in [5, 5.41) is 3.58. The average molecular weight is 346 g/mol. The topological polar surface area (TPSA) is 45.2 Å². The molecule has 0 radical (unpaired) electrons. The fourth-order valence-corrected chi connectivity index (χ4v) is 2.82. The van der Waals surface area contributed by atoms with Crippen LogP contribution in [0.2, 0.25) is 5.02 Å². The number of pyridine rings is 1. The molecule has 0 spiro atoms. The Morgan fingerprint density at radius 1 is 1.17 bits per heavy atom. The van der Waals surface area contributed by atoms with Crippen molar-refractivity contribution in [3.63, 3.8) is 0 Å². The maximum atomic E-state index is 12.5. The minimum absolute atomic E-state index is 0.164. The summed E-state index contributed by atoms with van der Waals surface area (Å²) in [6.07, 6.45) is 5.52. The average Bonchev–Trinajstić information content (AvgIpc) is 2.57. The molecule has 0 fully saturated rings. The molecule has 0 bridgehead atoms. The van der Waals surface area contributed by atoms with E-state index in [2.05, 4.69) is 29.0 Å². The quantitative estimate of drug-likeness (QED) is 0.774. The normalized spacial score (nSPS) is 10.5. The van der Waals surface area contributed by atoms with Crippen LogP contribution in [0.1, 0.15) is 42.6 Å². The van der Waals surface area contributed by atoms with Crippen molar-refractivity contribution >= 4 is 28.9 Å². The number of halogens is 1. The van der Waals surface area contributed by atoms with Gasteiger partial charge in [-0.1, -0.05) is 25.4 Å². The molecule has 2 rings (SSSR count).